The number of nitrogens with zero attached hydrogens (tertiary/aromatic N) is 1. The van der Waals surface area contributed by atoms with Crippen LogP contribution in [0.2, 0.25) is 5.02 Å². The Balaban J connectivity index is 1.66. The Hall–Kier alpha value is -0.950. The van der Waals surface area contributed by atoms with Gasteiger partial charge in [-0.3, -0.25) is 4.90 Å². The Morgan fingerprint density at radius 1 is 1.38 bits per heavy atom. The van der Waals surface area contributed by atoms with Gasteiger partial charge in [-0.25, -0.2) is 4.39 Å². The maximum Gasteiger partial charge on any atom is 0.170 e. The van der Waals surface area contributed by atoms with Crippen molar-refractivity contribution < 1.29 is 9.13 Å². The van der Waals surface area contributed by atoms with E-state index in [-0.39, 0.29) is 11.5 Å². The van der Waals surface area contributed by atoms with Crippen LogP contribution in [0.25, 0.3) is 0 Å². The van der Waals surface area contributed by atoms with Crippen LogP contribution >= 0.6 is 23.8 Å². The number of hydrogen-bond acceptors (Lipinski definition) is 3. The van der Waals surface area contributed by atoms with Crippen molar-refractivity contribution in [3.63, 3.8) is 0 Å². The van der Waals surface area contributed by atoms with Gasteiger partial charge in [0.2, 0.25) is 0 Å². The molecular weight excluding hydrogens is 313 g/mol. The molecule has 7 heteroatoms. The van der Waals surface area contributed by atoms with E-state index in [0.717, 1.165) is 45.8 Å². The smallest absolute Gasteiger partial charge is 0.170 e. The van der Waals surface area contributed by atoms with Crippen LogP contribution in [0.5, 0.6) is 0 Å². The molecule has 1 aliphatic heterocycles. The molecule has 1 aromatic carbocycles. The van der Waals surface area contributed by atoms with Crippen LogP contribution in [0.15, 0.2) is 18.2 Å². The number of ether oxygens (including phenoxy) is 1. The van der Waals surface area contributed by atoms with Crippen molar-refractivity contribution in [2.45, 2.75) is 6.42 Å². The molecule has 0 atom stereocenters. The highest BCUT2D eigenvalue weighted by Gasteiger charge is 2.09. The third kappa shape index (κ3) is 5.74. The molecule has 1 aromatic rings. The number of rotatable bonds is 5. The van der Waals surface area contributed by atoms with Gasteiger partial charge in [0.25, 0.3) is 0 Å². The van der Waals surface area contributed by atoms with Gasteiger partial charge in [0, 0.05) is 24.7 Å². The van der Waals surface area contributed by atoms with Gasteiger partial charge in [0.1, 0.15) is 5.82 Å². The van der Waals surface area contributed by atoms with Crippen LogP contribution in [0.1, 0.15) is 6.42 Å². The lowest BCUT2D eigenvalue weighted by atomic mass is 10.3. The molecule has 0 amide bonds. The van der Waals surface area contributed by atoms with Crippen LogP contribution in [0.3, 0.4) is 0 Å². The predicted octanol–water partition coefficient (Wildman–Crippen LogP) is 2.49. The first kappa shape index (κ1) is 16.4. The number of halogens is 2. The van der Waals surface area contributed by atoms with Crippen molar-refractivity contribution in [2.75, 3.05) is 44.7 Å². The Kier molecular flexibility index (Phi) is 6.63. The summed E-state index contributed by atoms with van der Waals surface area (Å²) in [6, 6.07) is 4.32. The lowest BCUT2D eigenvalue weighted by Crippen LogP contribution is -2.38. The topological polar surface area (TPSA) is 36.5 Å². The first-order valence-corrected chi connectivity index (χ1v) is 7.74. The van der Waals surface area contributed by atoms with Gasteiger partial charge in [-0.15, -0.1) is 0 Å². The first-order chi connectivity index (χ1) is 10.1. The molecule has 4 nitrogen and oxygen atoms in total. The van der Waals surface area contributed by atoms with E-state index < -0.39 is 0 Å². The van der Waals surface area contributed by atoms with Crippen molar-refractivity contribution >= 4 is 34.6 Å². The molecule has 0 saturated carbocycles. The molecule has 1 fully saturated rings. The van der Waals surface area contributed by atoms with Crippen molar-refractivity contribution in [2.24, 2.45) is 0 Å². The molecule has 2 rings (SSSR count). The lowest BCUT2D eigenvalue weighted by molar-refractivity contribution is 0.0376. The molecule has 0 spiro atoms. The Morgan fingerprint density at radius 3 is 2.90 bits per heavy atom. The summed E-state index contributed by atoms with van der Waals surface area (Å²) in [6.07, 6.45) is 0.972. The fourth-order valence-corrected chi connectivity index (χ4v) is 2.47. The molecule has 0 aliphatic carbocycles. The molecule has 116 valence electrons. The highest BCUT2D eigenvalue weighted by atomic mass is 35.5. The molecule has 1 saturated heterocycles. The third-order valence-corrected chi connectivity index (χ3v) is 3.70. The van der Waals surface area contributed by atoms with Gasteiger partial charge in [-0.1, -0.05) is 11.6 Å². The Morgan fingerprint density at radius 2 is 2.14 bits per heavy atom. The molecule has 21 heavy (non-hydrogen) atoms. The highest BCUT2D eigenvalue weighted by Crippen LogP contribution is 2.19. The summed E-state index contributed by atoms with van der Waals surface area (Å²) in [5.74, 6) is -0.378. The van der Waals surface area contributed by atoms with E-state index in [4.69, 9.17) is 28.6 Å². The Bertz CT molecular complexity index is 483. The van der Waals surface area contributed by atoms with Gasteiger partial charge in [-0.2, -0.15) is 0 Å². The minimum atomic E-state index is -0.378. The first-order valence-electron chi connectivity index (χ1n) is 6.95. The quantitative estimate of drug-likeness (QED) is 0.640. The zero-order valence-electron chi connectivity index (χ0n) is 11.7. The second-order valence-corrected chi connectivity index (χ2v) is 5.66. The molecule has 1 heterocycles. The van der Waals surface area contributed by atoms with Gasteiger partial charge < -0.3 is 15.4 Å². The SMILES string of the molecule is Fc1ccc(Cl)cc1NC(=S)NCCCN1CCOCC1. The fourth-order valence-electron chi connectivity index (χ4n) is 2.09. The largest absolute Gasteiger partial charge is 0.379 e. The number of anilines is 1. The van der Waals surface area contributed by atoms with E-state index in [0.29, 0.717) is 10.1 Å². The van der Waals surface area contributed by atoms with Crippen molar-refractivity contribution in [3.8, 4) is 0 Å². The summed E-state index contributed by atoms with van der Waals surface area (Å²) in [7, 11) is 0. The zero-order chi connectivity index (χ0) is 15.1. The second kappa shape index (κ2) is 8.48. The van der Waals surface area contributed by atoms with E-state index >= 15 is 0 Å². The van der Waals surface area contributed by atoms with Crippen LogP contribution in [0, 0.1) is 5.82 Å². The number of hydrogen-bond donors (Lipinski definition) is 2. The average Bonchev–Trinajstić information content (AvgIpc) is 2.48. The maximum absolute atomic E-state index is 13.5. The van der Waals surface area contributed by atoms with Crippen molar-refractivity contribution in [1.29, 1.82) is 0 Å². The van der Waals surface area contributed by atoms with Crippen molar-refractivity contribution in [3.05, 3.63) is 29.0 Å². The van der Waals surface area contributed by atoms with Gasteiger partial charge in [-0.05, 0) is 43.4 Å². The predicted molar refractivity (Wildman–Crippen MR) is 87.5 cm³/mol. The monoisotopic (exact) mass is 331 g/mol. The summed E-state index contributed by atoms with van der Waals surface area (Å²) in [4.78, 5) is 2.36. The van der Waals surface area contributed by atoms with E-state index in [1.807, 2.05) is 0 Å². The number of thiocarbonyl (C=S) groups is 1. The van der Waals surface area contributed by atoms with E-state index in [1.165, 1.54) is 18.2 Å². The molecule has 0 unspecified atom stereocenters. The highest BCUT2D eigenvalue weighted by molar-refractivity contribution is 7.80. The van der Waals surface area contributed by atoms with E-state index in [9.17, 15) is 4.39 Å². The van der Waals surface area contributed by atoms with E-state index in [1.54, 1.807) is 0 Å². The van der Waals surface area contributed by atoms with Crippen LogP contribution in [-0.4, -0.2) is 49.4 Å². The van der Waals surface area contributed by atoms with E-state index in [2.05, 4.69) is 15.5 Å². The summed E-state index contributed by atoms with van der Waals surface area (Å²) in [6.45, 7) is 5.32. The van der Waals surface area contributed by atoms with Crippen LogP contribution in [-0.2, 0) is 4.74 Å². The van der Waals surface area contributed by atoms with Crippen LogP contribution < -0.4 is 10.6 Å². The lowest BCUT2D eigenvalue weighted by Gasteiger charge is -2.26. The average molecular weight is 332 g/mol. The minimum Gasteiger partial charge on any atom is -0.379 e. The minimum absolute atomic E-state index is 0.285. The summed E-state index contributed by atoms with van der Waals surface area (Å²) in [5, 5.41) is 6.75. The molecule has 1 aliphatic rings. The molecule has 0 radical (unpaired) electrons. The van der Waals surface area contributed by atoms with Gasteiger partial charge in [0.05, 0.1) is 18.9 Å². The summed E-state index contributed by atoms with van der Waals surface area (Å²) < 4.78 is 18.8. The standard InChI is InChI=1S/C14H19ClFN3OS/c15-11-2-3-12(16)13(10-11)18-14(21)17-4-1-5-19-6-8-20-9-7-19/h2-3,10H,1,4-9H2,(H2,17,18,21). The molecule has 0 bridgehead atoms. The second-order valence-electron chi connectivity index (χ2n) is 4.81. The molecular formula is C14H19ClFN3OS. The Labute approximate surface area is 134 Å². The third-order valence-electron chi connectivity index (χ3n) is 3.22. The van der Waals surface area contributed by atoms with Crippen molar-refractivity contribution in [1.82, 2.24) is 10.2 Å². The maximum atomic E-state index is 13.5. The number of nitrogens with one attached hydrogen (secondary N) is 2. The summed E-state index contributed by atoms with van der Waals surface area (Å²) in [5.41, 5.74) is 0.285. The summed E-state index contributed by atoms with van der Waals surface area (Å²) >= 11 is 11.0. The number of morpholine rings is 1. The normalized spacial score (nSPS) is 15.7. The van der Waals surface area contributed by atoms with Gasteiger partial charge in [0.15, 0.2) is 5.11 Å². The zero-order valence-corrected chi connectivity index (χ0v) is 13.3. The number of benzene rings is 1. The fraction of sp³-hybridized carbons (Fsp3) is 0.500. The van der Waals surface area contributed by atoms with Crippen LogP contribution in [0.4, 0.5) is 10.1 Å². The van der Waals surface area contributed by atoms with Gasteiger partial charge >= 0.3 is 0 Å². The molecule has 0 aromatic heterocycles. The molecule has 2 N–H and O–H groups in total.